The van der Waals surface area contributed by atoms with Crippen LogP contribution >= 0.6 is 12.4 Å². The van der Waals surface area contributed by atoms with Crippen molar-refractivity contribution in [2.45, 2.75) is 43.7 Å². The van der Waals surface area contributed by atoms with Gasteiger partial charge in [-0.25, -0.2) is 0 Å². The highest BCUT2D eigenvalue weighted by Gasteiger charge is 2.38. The number of nitrogens with two attached hydrogens (primary N) is 1. The number of amides is 1. The zero-order valence-corrected chi connectivity index (χ0v) is 16.2. The van der Waals surface area contributed by atoms with Crippen LogP contribution in [-0.2, 0) is 22.8 Å². The van der Waals surface area contributed by atoms with E-state index in [9.17, 15) is 18.0 Å². The lowest BCUT2D eigenvalue weighted by Gasteiger charge is -2.30. The molecule has 0 spiro atoms. The summed E-state index contributed by atoms with van der Waals surface area (Å²) >= 11 is 0. The Hall–Kier alpha value is -2.21. The Balaban J connectivity index is 0.00000280. The molecule has 0 heterocycles. The van der Waals surface area contributed by atoms with E-state index >= 15 is 0 Å². The monoisotopic (exact) mass is 412 g/mol. The molecule has 2 aromatic rings. The second-order valence-corrected chi connectivity index (χ2v) is 7.26. The Morgan fingerprint density at radius 3 is 2.32 bits per heavy atom. The highest BCUT2D eigenvalue weighted by atomic mass is 35.5. The first-order chi connectivity index (χ1) is 12.8. The van der Waals surface area contributed by atoms with Crippen molar-refractivity contribution in [1.82, 2.24) is 5.32 Å². The van der Waals surface area contributed by atoms with Gasteiger partial charge in [-0.2, -0.15) is 13.2 Å². The van der Waals surface area contributed by atoms with Gasteiger partial charge in [-0.05, 0) is 42.2 Å². The van der Waals surface area contributed by atoms with Crippen LogP contribution in [0.4, 0.5) is 18.9 Å². The highest BCUT2D eigenvalue weighted by molar-refractivity contribution is 5.85. The number of hydrogen-bond acceptors (Lipinski definition) is 2. The maximum absolute atomic E-state index is 13.1. The summed E-state index contributed by atoms with van der Waals surface area (Å²) in [7, 11) is 0. The van der Waals surface area contributed by atoms with E-state index in [1.165, 1.54) is 12.1 Å². The second-order valence-electron chi connectivity index (χ2n) is 7.26. The van der Waals surface area contributed by atoms with Crippen molar-refractivity contribution in [2.75, 3.05) is 12.3 Å². The van der Waals surface area contributed by atoms with E-state index in [0.717, 1.165) is 37.3 Å². The van der Waals surface area contributed by atoms with Crippen molar-refractivity contribution < 1.29 is 18.0 Å². The molecule has 0 atom stereocenters. The number of carbonyl (C=O) groups is 1. The normalized spacial score (nSPS) is 15.7. The van der Waals surface area contributed by atoms with Crippen molar-refractivity contribution in [1.29, 1.82) is 0 Å². The van der Waals surface area contributed by atoms with Gasteiger partial charge >= 0.3 is 6.18 Å². The van der Waals surface area contributed by atoms with Crippen molar-refractivity contribution >= 4 is 24.0 Å². The van der Waals surface area contributed by atoms with Gasteiger partial charge in [0.25, 0.3) is 0 Å². The van der Waals surface area contributed by atoms with Crippen LogP contribution in [-0.4, -0.2) is 12.5 Å². The van der Waals surface area contributed by atoms with E-state index in [1.807, 2.05) is 0 Å². The Bertz CT molecular complexity index is 800. The Morgan fingerprint density at radius 2 is 1.71 bits per heavy atom. The molecule has 0 aliphatic heterocycles. The van der Waals surface area contributed by atoms with Crippen molar-refractivity contribution in [3.8, 4) is 0 Å². The number of rotatable bonds is 5. The van der Waals surface area contributed by atoms with Gasteiger partial charge in [0.2, 0.25) is 5.91 Å². The molecule has 3 rings (SSSR count). The minimum absolute atomic E-state index is 0. The maximum atomic E-state index is 13.1. The van der Waals surface area contributed by atoms with Gasteiger partial charge in [-0.3, -0.25) is 4.79 Å². The molecule has 2 aromatic carbocycles. The van der Waals surface area contributed by atoms with E-state index in [4.69, 9.17) is 5.73 Å². The molecule has 1 fully saturated rings. The zero-order chi connectivity index (χ0) is 19.5. The molecule has 1 aliphatic rings. The Kier molecular flexibility index (Phi) is 6.99. The molecule has 3 nitrogen and oxygen atoms in total. The number of nitrogens with one attached hydrogen (secondary N) is 1. The molecule has 0 unspecified atom stereocenters. The largest absolute Gasteiger partial charge is 0.416 e. The lowest BCUT2D eigenvalue weighted by Crippen LogP contribution is -2.39. The quantitative estimate of drug-likeness (QED) is 0.687. The lowest BCUT2D eigenvalue weighted by molar-refractivity contribution is -0.137. The van der Waals surface area contributed by atoms with E-state index in [-0.39, 0.29) is 24.7 Å². The average molecular weight is 413 g/mol. The van der Waals surface area contributed by atoms with E-state index in [2.05, 4.69) is 5.32 Å². The van der Waals surface area contributed by atoms with Crippen molar-refractivity contribution in [3.63, 3.8) is 0 Å². The predicted octanol–water partition coefficient (Wildman–Crippen LogP) is 4.88. The fourth-order valence-electron chi connectivity index (χ4n) is 3.80. The topological polar surface area (TPSA) is 55.1 Å². The van der Waals surface area contributed by atoms with Crippen LogP contribution in [0.5, 0.6) is 0 Å². The molecule has 1 saturated carbocycles. The van der Waals surface area contributed by atoms with Gasteiger partial charge in [0.1, 0.15) is 0 Å². The smallest absolute Gasteiger partial charge is 0.399 e. The zero-order valence-electron chi connectivity index (χ0n) is 15.4. The summed E-state index contributed by atoms with van der Waals surface area (Å²) < 4.78 is 39.3. The molecule has 0 radical (unpaired) electrons. The third-order valence-corrected chi connectivity index (χ3v) is 5.33. The van der Waals surface area contributed by atoms with Crippen LogP contribution in [0.15, 0.2) is 48.5 Å². The summed E-state index contributed by atoms with van der Waals surface area (Å²) in [5.41, 5.74) is 6.71. The number of hydrogen-bond donors (Lipinski definition) is 2. The van der Waals surface area contributed by atoms with Crippen LogP contribution in [0.25, 0.3) is 0 Å². The molecular weight excluding hydrogens is 389 g/mol. The maximum Gasteiger partial charge on any atom is 0.416 e. The summed E-state index contributed by atoms with van der Waals surface area (Å²) in [4.78, 5) is 12.3. The molecule has 1 aliphatic carbocycles. The van der Waals surface area contributed by atoms with E-state index in [1.54, 1.807) is 30.3 Å². The van der Waals surface area contributed by atoms with Crippen LogP contribution in [0.2, 0.25) is 0 Å². The predicted molar refractivity (Wildman–Crippen MR) is 106 cm³/mol. The first kappa shape index (κ1) is 22.1. The van der Waals surface area contributed by atoms with Crippen LogP contribution in [0.1, 0.15) is 42.4 Å². The number of alkyl halides is 3. The first-order valence-electron chi connectivity index (χ1n) is 9.07. The van der Waals surface area contributed by atoms with Crippen LogP contribution < -0.4 is 11.1 Å². The van der Waals surface area contributed by atoms with Gasteiger partial charge in [-0.1, -0.05) is 43.2 Å². The minimum Gasteiger partial charge on any atom is -0.399 e. The SMILES string of the molecule is Cl.Nc1ccc(CC(=O)NCC2(c3cccc(C(F)(F)F)c3)CCCC2)cc1. The Labute approximate surface area is 168 Å². The molecular formula is C21H24ClF3N2O. The summed E-state index contributed by atoms with van der Waals surface area (Å²) in [6, 6.07) is 12.6. The number of halogens is 4. The number of carbonyl (C=O) groups excluding carboxylic acids is 1. The second kappa shape index (κ2) is 8.86. The van der Waals surface area contributed by atoms with Crippen molar-refractivity contribution in [2.24, 2.45) is 0 Å². The summed E-state index contributed by atoms with van der Waals surface area (Å²) in [5, 5.41) is 2.93. The van der Waals surface area contributed by atoms with Crippen LogP contribution in [0, 0.1) is 0 Å². The van der Waals surface area contributed by atoms with Gasteiger partial charge in [0.05, 0.1) is 12.0 Å². The molecule has 0 saturated heterocycles. The fraction of sp³-hybridized carbons (Fsp3) is 0.381. The van der Waals surface area contributed by atoms with Gasteiger partial charge in [-0.15, -0.1) is 12.4 Å². The molecule has 1 amide bonds. The Morgan fingerprint density at radius 1 is 1.07 bits per heavy atom. The summed E-state index contributed by atoms with van der Waals surface area (Å²) in [6.07, 6.45) is -0.700. The average Bonchev–Trinajstić information content (AvgIpc) is 3.12. The van der Waals surface area contributed by atoms with E-state index < -0.39 is 17.2 Å². The molecule has 3 N–H and O–H groups in total. The third kappa shape index (κ3) is 5.19. The van der Waals surface area contributed by atoms with E-state index in [0.29, 0.717) is 17.8 Å². The molecule has 28 heavy (non-hydrogen) atoms. The third-order valence-electron chi connectivity index (χ3n) is 5.33. The lowest BCUT2D eigenvalue weighted by atomic mass is 9.78. The number of anilines is 1. The summed E-state index contributed by atoms with van der Waals surface area (Å²) in [6.45, 7) is 0.349. The first-order valence-corrected chi connectivity index (χ1v) is 9.07. The summed E-state index contributed by atoms with van der Waals surface area (Å²) in [5.74, 6) is -0.141. The van der Waals surface area contributed by atoms with Gasteiger partial charge in [0.15, 0.2) is 0 Å². The van der Waals surface area contributed by atoms with Crippen LogP contribution in [0.3, 0.4) is 0 Å². The number of benzene rings is 2. The van der Waals surface area contributed by atoms with Gasteiger partial charge in [0, 0.05) is 17.6 Å². The fourth-order valence-corrected chi connectivity index (χ4v) is 3.80. The van der Waals surface area contributed by atoms with Gasteiger partial charge < -0.3 is 11.1 Å². The minimum atomic E-state index is -4.37. The molecule has 0 bridgehead atoms. The van der Waals surface area contributed by atoms with Crippen molar-refractivity contribution in [3.05, 3.63) is 65.2 Å². The molecule has 0 aromatic heterocycles. The molecule has 7 heteroatoms. The molecule has 152 valence electrons. The number of nitrogen functional groups attached to an aromatic ring is 1. The standard InChI is InChI=1S/C21H23F3N2O.ClH/c22-21(23,24)17-5-3-4-16(13-17)20(10-1-2-11-20)14-26-19(27)12-15-6-8-18(25)9-7-15;/h3-9,13H,1-2,10-12,14,25H2,(H,26,27);1H. The highest BCUT2D eigenvalue weighted by Crippen LogP contribution is 2.42.